The van der Waals surface area contributed by atoms with Gasteiger partial charge in [0.05, 0.1) is 24.2 Å². The molecular formula is C30H33N3O3. The molecule has 1 saturated heterocycles. The molecule has 1 amide bonds. The first-order chi connectivity index (χ1) is 17.5. The number of fused-ring (bicyclic) bond motifs is 1. The van der Waals surface area contributed by atoms with E-state index in [9.17, 15) is 4.79 Å². The quantitative estimate of drug-likeness (QED) is 0.272. The molecule has 0 aliphatic carbocycles. The van der Waals surface area contributed by atoms with Gasteiger partial charge in [0.2, 0.25) is 5.91 Å². The van der Waals surface area contributed by atoms with Crippen LogP contribution in [0.5, 0.6) is 11.5 Å². The average molecular weight is 484 g/mol. The maximum Gasteiger partial charge on any atom is 0.227 e. The summed E-state index contributed by atoms with van der Waals surface area (Å²) < 4.78 is 14.0. The van der Waals surface area contributed by atoms with Crippen molar-refractivity contribution in [3.8, 4) is 11.5 Å². The number of amides is 1. The molecule has 186 valence electrons. The van der Waals surface area contributed by atoms with Crippen LogP contribution >= 0.6 is 0 Å². The van der Waals surface area contributed by atoms with Crippen LogP contribution in [0.1, 0.15) is 42.6 Å². The van der Waals surface area contributed by atoms with E-state index in [-0.39, 0.29) is 11.8 Å². The number of rotatable bonds is 9. The van der Waals surface area contributed by atoms with E-state index in [1.54, 1.807) is 0 Å². The van der Waals surface area contributed by atoms with Crippen molar-refractivity contribution in [2.75, 3.05) is 24.7 Å². The van der Waals surface area contributed by atoms with E-state index in [2.05, 4.69) is 42.7 Å². The molecule has 36 heavy (non-hydrogen) atoms. The second-order valence-corrected chi connectivity index (χ2v) is 9.37. The molecule has 1 atom stereocenters. The van der Waals surface area contributed by atoms with E-state index in [0.29, 0.717) is 26.2 Å². The van der Waals surface area contributed by atoms with Crippen LogP contribution < -0.4 is 14.4 Å². The normalized spacial score (nSPS) is 15.6. The summed E-state index contributed by atoms with van der Waals surface area (Å²) in [5, 5.41) is 0. The third-order valence-electron chi connectivity index (χ3n) is 6.81. The second-order valence-electron chi connectivity index (χ2n) is 9.37. The number of imidazole rings is 1. The highest BCUT2D eigenvalue weighted by atomic mass is 16.5. The summed E-state index contributed by atoms with van der Waals surface area (Å²) in [6.45, 7) is 8.78. The van der Waals surface area contributed by atoms with Gasteiger partial charge in [0.1, 0.15) is 17.3 Å². The topological polar surface area (TPSA) is 56.6 Å². The maximum absolute atomic E-state index is 13.0. The molecule has 0 bridgehead atoms. The Balaban J connectivity index is 1.33. The Labute approximate surface area is 212 Å². The summed E-state index contributed by atoms with van der Waals surface area (Å²) in [6.07, 6.45) is 1.31. The number of hydrogen-bond donors (Lipinski definition) is 0. The number of nitrogens with zero attached hydrogens (tertiary/aromatic N) is 3. The Morgan fingerprint density at radius 1 is 0.944 bits per heavy atom. The smallest absolute Gasteiger partial charge is 0.227 e. The van der Waals surface area contributed by atoms with Crippen molar-refractivity contribution in [1.29, 1.82) is 0 Å². The summed E-state index contributed by atoms with van der Waals surface area (Å²) in [6, 6.07) is 22.2. The first-order valence-electron chi connectivity index (χ1n) is 12.7. The van der Waals surface area contributed by atoms with Gasteiger partial charge in [-0.2, -0.15) is 0 Å². The highest BCUT2D eigenvalue weighted by Crippen LogP contribution is 2.34. The summed E-state index contributed by atoms with van der Waals surface area (Å²) in [7, 11) is 0. The minimum Gasteiger partial charge on any atom is -0.494 e. The fraction of sp³-hybridized carbons (Fsp3) is 0.333. The fourth-order valence-electron chi connectivity index (χ4n) is 5.08. The Morgan fingerprint density at radius 3 is 2.44 bits per heavy atom. The van der Waals surface area contributed by atoms with Gasteiger partial charge < -0.3 is 18.9 Å². The van der Waals surface area contributed by atoms with Gasteiger partial charge >= 0.3 is 0 Å². The standard InChI is InChI=1S/C30H33N3O3/c1-4-35-25-15-13-24(14-16-25)33-20-23(19-28(33)34)30-31-26-11-5-6-12-27(26)32(30)17-8-18-36-29-21(2)9-7-10-22(29)3/h5-7,9-16,23H,4,8,17-20H2,1-3H3/t23-/m0/s1. The van der Waals surface area contributed by atoms with E-state index in [1.165, 1.54) is 0 Å². The molecule has 1 fully saturated rings. The van der Waals surface area contributed by atoms with Gasteiger partial charge in [-0.05, 0) is 74.7 Å². The third-order valence-corrected chi connectivity index (χ3v) is 6.81. The van der Waals surface area contributed by atoms with Crippen molar-refractivity contribution in [3.63, 3.8) is 0 Å². The van der Waals surface area contributed by atoms with Crippen LogP contribution in [-0.2, 0) is 11.3 Å². The zero-order valence-corrected chi connectivity index (χ0v) is 21.2. The molecule has 6 nitrogen and oxygen atoms in total. The van der Waals surface area contributed by atoms with Crippen molar-refractivity contribution < 1.29 is 14.3 Å². The maximum atomic E-state index is 13.0. The summed E-state index contributed by atoms with van der Waals surface area (Å²) in [4.78, 5) is 19.9. The molecule has 0 saturated carbocycles. The first-order valence-corrected chi connectivity index (χ1v) is 12.7. The molecule has 6 heteroatoms. The molecule has 5 rings (SSSR count). The Bertz CT molecular complexity index is 1340. The summed E-state index contributed by atoms with van der Waals surface area (Å²) in [5.74, 6) is 2.93. The molecule has 2 heterocycles. The van der Waals surface area contributed by atoms with Crippen LogP contribution in [0.15, 0.2) is 66.7 Å². The lowest BCUT2D eigenvalue weighted by Gasteiger charge is -2.18. The Morgan fingerprint density at radius 2 is 1.69 bits per heavy atom. The molecular weight excluding hydrogens is 450 g/mol. The molecule has 0 N–H and O–H groups in total. The number of hydrogen-bond acceptors (Lipinski definition) is 4. The van der Waals surface area contributed by atoms with Crippen LogP contribution in [0.25, 0.3) is 11.0 Å². The van der Waals surface area contributed by atoms with Crippen molar-refractivity contribution in [3.05, 3.63) is 83.7 Å². The lowest BCUT2D eigenvalue weighted by molar-refractivity contribution is -0.117. The van der Waals surface area contributed by atoms with E-state index in [1.807, 2.05) is 54.3 Å². The van der Waals surface area contributed by atoms with Gasteiger partial charge in [0, 0.05) is 31.1 Å². The molecule has 0 spiro atoms. The number of ether oxygens (including phenoxy) is 2. The van der Waals surface area contributed by atoms with Gasteiger partial charge in [-0.15, -0.1) is 0 Å². The van der Waals surface area contributed by atoms with Crippen LogP contribution in [0, 0.1) is 13.8 Å². The molecule has 0 radical (unpaired) electrons. The molecule has 1 aliphatic rings. The van der Waals surface area contributed by atoms with E-state index >= 15 is 0 Å². The lowest BCUT2D eigenvalue weighted by atomic mass is 10.1. The van der Waals surface area contributed by atoms with Gasteiger partial charge in [-0.1, -0.05) is 30.3 Å². The van der Waals surface area contributed by atoms with Crippen LogP contribution in [0.3, 0.4) is 0 Å². The molecule has 1 aromatic heterocycles. The lowest BCUT2D eigenvalue weighted by Crippen LogP contribution is -2.24. The molecule has 3 aromatic carbocycles. The summed E-state index contributed by atoms with van der Waals surface area (Å²) >= 11 is 0. The van der Waals surface area contributed by atoms with Crippen LogP contribution in [0.4, 0.5) is 5.69 Å². The third kappa shape index (κ3) is 4.81. The zero-order valence-electron chi connectivity index (χ0n) is 21.2. The number of benzene rings is 3. The van der Waals surface area contributed by atoms with Crippen LogP contribution in [-0.4, -0.2) is 35.2 Å². The van der Waals surface area contributed by atoms with Crippen LogP contribution in [0.2, 0.25) is 0 Å². The largest absolute Gasteiger partial charge is 0.494 e. The molecule has 0 unspecified atom stereocenters. The predicted octanol–water partition coefficient (Wildman–Crippen LogP) is 6.04. The highest BCUT2D eigenvalue weighted by molar-refractivity contribution is 5.96. The minimum absolute atomic E-state index is 0.0380. The number of para-hydroxylation sites is 3. The summed E-state index contributed by atoms with van der Waals surface area (Å²) in [5.41, 5.74) is 5.28. The number of carbonyl (C=O) groups excluding carboxylic acids is 1. The van der Waals surface area contributed by atoms with E-state index in [0.717, 1.165) is 58.1 Å². The molecule has 1 aliphatic heterocycles. The van der Waals surface area contributed by atoms with Gasteiger partial charge in [-0.25, -0.2) is 4.98 Å². The zero-order chi connectivity index (χ0) is 25.1. The van der Waals surface area contributed by atoms with Crippen molar-refractivity contribution >= 4 is 22.6 Å². The second kappa shape index (κ2) is 10.4. The number of aromatic nitrogens is 2. The number of aryl methyl sites for hydroxylation is 3. The van der Waals surface area contributed by atoms with Gasteiger partial charge in [0.25, 0.3) is 0 Å². The van der Waals surface area contributed by atoms with Crippen molar-refractivity contribution in [2.24, 2.45) is 0 Å². The van der Waals surface area contributed by atoms with Crippen molar-refractivity contribution in [1.82, 2.24) is 9.55 Å². The molecule has 4 aromatic rings. The SMILES string of the molecule is CCOc1ccc(N2C[C@@H](c3nc4ccccc4n3CCCOc3c(C)cccc3C)CC2=O)cc1. The predicted molar refractivity (Wildman–Crippen MR) is 143 cm³/mol. The highest BCUT2D eigenvalue weighted by Gasteiger charge is 2.34. The number of anilines is 1. The van der Waals surface area contributed by atoms with Gasteiger partial charge in [0.15, 0.2) is 0 Å². The van der Waals surface area contributed by atoms with Crippen molar-refractivity contribution in [2.45, 2.75) is 46.1 Å². The van der Waals surface area contributed by atoms with E-state index < -0.39 is 0 Å². The van der Waals surface area contributed by atoms with Gasteiger partial charge in [-0.3, -0.25) is 4.79 Å². The fourth-order valence-corrected chi connectivity index (χ4v) is 5.08. The monoisotopic (exact) mass is 483 g/mol. The number of carbonyl (C=O) groups is 1. The Hall–Kier alpha value is -3.80. The van der Waals surface area contributed by atoms with E-state index in [4.69, 9.17) is 14.5 Å². The average Bonchev–Trinajstić information content (AvgIpc) is 3.44. The minimum atomic E-state index is 0.0380. The first kappa shape index (κ1) is 23.9. The Kier molecular flexibility index (Phi) is 6.94.